The molecule has 0 aromatic heterocycles. The van der Waals surface area contributed by atoms with Gasteiger partial charge in [-0.1, -0.05) is 29.8 Å². The van der Waals surface area contributed by atoms with Crippen molar-refractivity contribution in [3.63, 3.8) is 0 Å². The number of carboxylic acids is 1. The summed E-state index contributed by atoms with van der Waals surface area (Å²) in [5.41, 5.74) is 0.444. The minimum atomic E-state index is -1.07. The summed E-state index contributed by atoms with van der Waals surface area (Å²) in [6.07, 6.45) is 0. The van der Waals surface area contributed by atoms with Crippen LogP contribution >= 0.6 is 11.6 Å². The maximum Gasteiger partial charge on any atom is 1.00 e. The number of carboxylic acid groups (broad SMARTS) is 1. The van der Waals surface area contributed by atoms with Crippen molar-refractivity contribution in [2.75, 3.05) is 6.61 Å². The molecule has 0 saturated carbocycles. The van der Waals surface area contributed by atoms with Crippen molar-refractivity contribution in [1.82, 2.24) is 0 Å². The second-order valence-electron chi connectivity index (χ2n) is 2.59. The van der Waals surface area contributed by atoms with Gasteiger partial charge in [-0.3, -0.25) is 4.79 Å². The maximum absolute atomic E-state index is 10.7. The largest absolute Gasteiger partial charge is 1.00 e. The van der Waals surface area contributed by atoms with E-state index in [0.717, 1.165) is 0 Å². The first-order chi connectivity index (χ1) is 6.16. The Balaban J connectivity index is 0. The summed E-state index contributed by atoms with van der Waals surface area (Å²) in [6, 6.07) is 6.59. The van der Waals surface area contributed by atoms with Gasteiger partial charge in [-0.25, -0.2) is 0 Å². The molecule has 1 unspecified atom stereocenters. The van der Waals surface area contributed by atoms with Gasteiger partial charge in [0.2, 0.25) is 0 Å². The number of aliphatic carboxylic acids is 1. The fourth-order valence-electron chi connectivity index (χ4n) is 1.07. The predicted octanol–water partition coefficient (Wildman–Crippen LogP) is -1.38. The summed E-state index contributed by atoms with van der Waals surface area (Å²) in [5, 5.41) is 17.9. The molecule has 0 aliphatic heterocycles. The van der Waals surface area contributed by atoms with Crippen molar-refractivity contribution < 1.29 is 35.3 Å². The van der Waals surface area contributed by atoms with Gasteiger partial charge < -0.3 is 11.6 Å². The van der Waals surface area contributed by atoms with Crippen LogP contribution in [0.15, 0.2) is 24.3 Å². The van der Waals surface area contributed by atoms with Gasteiger partial charge in [-0.05, 0) is 11.6 Å². The number of halogens is 1. The second kappa shape index (κ2) is 6.10. The third-order valence-corrected chi connectivity index (χ3v) is 2.11. The zero-order valence-electron chi connectivity index (χ0n) is 8.77. The molecule has 0 aliphatic rings. The molecular formula is C9H10ClLiO3. The molecule has 0 amide bonds. The Morgan fingerprint density at radius 3 is 2.50 bits per heavy atom. The average molecular weight is 209 g/mol. The zero-order chi connectivity index (χ0) is 9.84. The summed E-state index contributed by atoms with van der Waals surface area (Å²) in [7, 11) is 0. The van der Waals surface area contributed by atoms with E-state index in [1.165, 1.54) is 0 Å². The number of aliphatic hydroxyl groups is 1. The Hall–Kier alpha value is -0.463. The fourth-order valence-corrected chi connectivity index (χ4v) is 1.33. The Kier molecular flexibility index (Phi) is 5.90. The average Bonchev–Trinajstić information content (AvgIpc) is 2.09. The molecule has 3 nitrogen and oxygen atoms in total. The Morgan fingerprint density at radius 2 is 2.07 bits per heavy atom. The number of carbonyl (C=O) groups is 1. The van der Waals surface area contributed by atoms with Crippen LogP contribution in [0.1, 0.15) is 12.9 Å². The number of aliphatic hydroxyl groups excluding tert-OH is 1. The molecule has 1 aromatic carbocycles. The summed E-state index contributed by atoms with van der Waals surface area (Å²) < 4.78 is 0. The Bertz CT molecular complexity index is 322. The van der Waals surface area contributed by atoms with Crippen molar-refractivity contribution in [2.45, 2.75) is 5.92 Å². The number of benzene rings is 1. The van der Waals surface area contributed by atoms with Gasteiger partial charge in [0.15, 0.2) is 0 Å². The SMILES string of the molecule is O=C(O)C(CO)c1ccccc1Cl.[H-].[Li+]. The third-order valence-electron chi connectivity index (χ3n) is 1.76. The van der Waals surface area contributed by atoms with E-state index in [1.807, 2.05) is 0 Å². The molecule has 2 N–H and O–H groups in total. The van der Waals surface area contributed by atoms with Crippen LogP contribution in [-0.4, -0.2) is 22.8 Å². The molecule has 1 aromatic rings. The molecule has 0 fully saturated rings. The zero-order valence-corrected chi connectivity index (χ0v) is 8.53. The molecule has 0 spiro atoms. The molecule has 0 heterocycles. The standard InChI is InChI=1S/C9H9ClO3.Li.H/c10-8-4-2-1-3-6(8)7(5-11)9(12)13;;/h1-4,7,11H,5H2,(H,12,13);;/q;+1;-1. The van der Waals surface area contributed by atoms with Crippen LogP contribution in [0, 0.1) is 0 Å². The van der Waals surface area contributed by atoms with Crippen molar-refractivity contribution in [3.05, 3.63) is 34.9 Å². The Morgan fingerprint density at radius 1 is 1.50 bits per heavy atom. The van der Waals surface area contributed by atoms with Crippen LogP contribution < -0.4 is 18.9 Å². The van der Waals surface area contributed by atoms with Crippen LogP contribution in [0.5, 0.6) is 0 Å². The van der Waals surface area contributed by atoms with Crippen LogP contribution in [0.25, 0.3) is 0 Å². The minimum Gasteiger partial charge on any atom is -1.00 e. The van der Waals surface area contributed by atoms with Gasteiger partial charge in [0.1, 0.15) is 5.92 Å². The first-order valence-electron chi connectivity index (χ1n) is 3.75. The second-order valence-corrected chi connectivity index (χ2v) is 3.00. The van der Waals surface area contributed by atoms with Crippen LogP contribution in [-0.2, 0) is 4.79 Å². The predicted molar refractivity (Wildman–Crippen MR) is 50.0 cm³/mol. The first kappa shape index (κ1) is 13.5. The smallest absolute Gasteiger partial charge is 1.00 e. The summed E-state index contributed by atoms with van der Waals surface area (Å²) in [4.78, 5) is 10.7. The molecule has 1 rings (SSSR count). The fraction of sp³-hybridized carbons (Fsp3) is 0.222. The van der Waals surface area contributed by atoms with Gasteiger partial charge in [0.25, 0.3) is 0 Å². The van der Waals surface area contributed by atoms with E-state index in [1.54, 1.807) is 24.3 Å². The molecule has 0 saturated heterocycles. The number of hydrogen-bond donors (Lipinski definition) is 2. The molecule has 0 radical (unpaired) electrons. The van der Waals surface area contributed by atoms with Crippen molar-refractivity contribution in [1.29, 1.82) is 0 Å². The van der Waals surface area contributed by atoms with E-state index in [-0.39, 0.29) is 20.3 Å². The van der Waals surface area contributed by atoms with Gasteiger partial charge in [0, 0.05) is 5.02 Å². The molecular weight excluding hydrogens is 198 g/mol. The Labute approximate surface area is 100 Å². The van der Waals surface area contributed by atoms with E-state index in [4.69, 9.17) is 21.8 Å². The number of hydrogen-bond acceptors (Lipinski definition) is 2. The van der Waals surface area contributed by atoms with Crippen molar-refractivity contribution in [3.8, 4) is 0 Å². The summed E-state index contributed by atoms with van der Waals surface area (Å²) >= 11 is 5.77. The van der Waals surface area contributed by atoms with Gasteiger partial charge in [-0.2, -0.15) is 0 Å². The normalized spacial score (nSPS) is 11.6. The topological polar surface area (TPSA) is 57.5 Å². The summed E-state index contributed by atoms with van der Waals surface area (Å²) in [5.74, 6) is -2.01. The quantitative estimate of drug-likeness (QED) is 0.602. The van der Waals surface area contributed by atoms with E-state index < -0.39 is 18.5 Å². The van der Waals surface area contributed by atoms with Gasteiger partial charge in [0.05, 0.1) is 6.61 Å². The molecule has 0 aliphatic carbocycles. The van der Waals surface area contributed by atoms with E-state index in [2.05, 4.69) is 0 Å². The van der Waals surface area contributed by atoms with E-state index in [9.17, 15) is 4.79 Å². The summed E-state index contributed by atoms with van der Waals surface area (Å²) in [6.45, 7) is -0.445. The molecule has 72 valence electrons. The van der Waals surface area contributed by atoms with Crippen LogP contribution in [0.2, 0.25) is 5.02 Å². The number of rotatable bonds is 3. The van der Waals surface area contributed by atoms with Gasteiger partial charge in [-0.15, -0.1) is 0 Å². The minimum absolute atomic E-state index is 0. The third kappa shape index (κ3) is 3.04. The van der Waals surface area contributed by atoms with Crippen LogP contribution in [0.3, 0.4) is 0 Å². The van der Waals surface area contributed by atoms with Crippen LogP contribution in [0.4, 0.5) is 0 Å². The molecule has 14 heavy (non-hydrogen) atoms. The van der Waals surface area contributed by atoms with Crippen molar-refractivity contribution >= 4 is 17.6 Å². The maximum atomic E-state index is 10.7. The van der Waals surface area contributed by atoms with Gasteiger partial charge >= 0.3 is 24.8 Å². The molecule has 5 heteroatoms. The first-order valence-corrected chi connectivity index (χ1v) is 4.12. The molecule has 1 atom stereocenters. The molecule has 0 bridgehead atoms. The van der Waals surface area contributed by atoms with Crippen molar-refractivity contribution in [2.24, 2.45) is 0 Å². The van der Waals surface area contributed by atoms with E-state index >= 15 is 0 Å². The van der Waals surface area contributed by atoms with E-state index in [0.29, 0.717) is 10.6 Å². The monoisotopic (exact) mass is 208 g/mol.